The second-order valence-electron chi connectivity index (χ2n) is 4.04. The van der Waals surface area contributed by atoms with Crippen molar-refractivity contribution in [2.24, 2.45) is 0 Å². The first-order chi connectivity index (χ1) is 8.69. The highest BCUT2D eigenvalue weighted by Gasteiger charge is 2.11. The molecule has 0 saturated carbocycles. The van der Waals surface area contributed by atoms with Gasteiger partial charge >= 0.3 is 5.97 Å². The molecule has 0 bridgehead atoms. The van der Waals surface area contributed by atoms with Gasteiger partial charge in [0.2, 0.25) is 0 Å². The number of halogens is 1. The number of methoxy groups -OCH3 is 1. The third-order valence-electron chi connectivity index (χ3n) is 2.61. The Hall–Kier alpha value is -1.22. The maximum absolute atomic E-state index is 11.3. The quantitative estimate of drug-likeness (QED) is 0.553. The normalized spacial score (nSPS) is 10.2. The lowest BCUT2D eigenvalue weighted by Gasteiger charge is -2.08. The summed E-state index contributed by atoms with van der Waals surface area (Å²) in [6, 6.07) is 5.00. The molecule has 0 radical (unpaired) electrons. The SMILES string of the molecule is CCCCCCOc1ccc(C(=O)OC)c(Cl)c1. The largest absolute Gasteiger partial charge is 0.494 e. The maximum Gasteiger partial charge on any atom is 0.339 e. The molecule has 4 heteroatoms. The zero-order valence-electron chi connectivity index (χ0n) is 10.9. The average Bonchev–Trinajstić information content (AvgIpc) is 2.38. The van der Waals surface area contributed by atoms with Gasteiger partial charge in [-0.25, -0.2) is 4.79 Å². The first-order valence-corrected chi connectivity index (χ1v) is 6.57. The summed E-state index contributed by atoms with van der Waals surface area (Å²) in [5.41, 5.74) is 0.359. The molecule has 0 N–H and O–H groups in total. The Kier molecular flexibility index (Phi) is 6.58. The predicted octanol–water partition coefficient (Wildman–Crippen LogP) is 4.09. The molecule has 3 nitrogen and oxygen atoms in total. The van der Waals surface area contributed by atoms with E-state index in [1.54, 1.807) is 18.2 Å². The fourth-order valence-corrected chi connectivity index (χ4v) is 1.83. The van der Waals surface area contributed by atoms with Gasteiger partial charge in [0.25, 0.3) is 0 Å². The van der Waals surface area contributed by atoms with Crippen molar-refractivity contribution >= 4 is 17.6 Å². The average molecular weight is 271 g/mol. The third-order valence-corrected chi connectivity index (χ3v) is 2.93. The van der Waals surface area contributed by atoms with Crippen LogP contribution < -0.4 is 4.74 Å². The van der Waals surface area contributed by atoms with Crippen LogP contribution in [0.25, 0.3) is 0 Å². The van der Waals surface area contributed by atoms with Crippen molar-refractivity contribution in [2.75, 3.05) is 13.7 Å². The van der Waals surface area contributed by atoms with Crippen molar-refractivity contribution in [3.8, 4) is 5.75 Å². The minimum absolute atomic E-state index is 0.355. The second-order valence-corrected chi connectivity index (χ2v) is 4.45. The molecule has 0 saturated heterocycles. The molecule has 100 valence electrons. The number of hydrogen-bond donors (Lipinski definition) is 0. The summed E-state index contributed by atoms with van der Waals surface area (Å²) in [4.78, 5) is 11.3. The number of carbonyl (C=O) groups excluding carboxylic acids is 1. The summed E-state index contributed by atoms with van der Waals surface area (Å²) in [5.74, 6) is 0.249. The van der Waals surface area contributed by atoms with Gasteiger partial charge in [0, 0.05) is 0 Å². The summed E-state index contributed by atoms with van der Waals surface area (Å²) in [7, 11) is 1.33. The van der Waals surface area contributed by atoms with Crippen LogP contribution in [0.1, 0.15) is 43.0 Å². The first-order valence-electron chi connectivity index (χ1n) is 6.19. The van der Waals surface area contributed by atoms with E-state index in [1.165, 1.54) is 26.4 Å². The van der Waals surface area contributed by atoms with Crippen molar-refractivity contribution in [1.82, 2.24) is 0 Å². The highest BCUT2D eigenvalue weighted by Crippen LogP contribution is 2.23. The first kappa shape index (κ1) is 14.8. The van der Waals surface area contributed by atoms with E-state index in [-0.39, 0.29) is 0 Å². The standard InChI is InChI=1S/C14H19ClO3/c1-3-4-5-6-9-18-11-7-8-12(13(15)10-11)14(16)17-2/h7-8,10H,3-6,9H2,1-2H3. The van der Waals surface area contributed by atoms with Gasteiger partial charge in [0.05, 0.1) is 24.3 Å². The number of hydrogen-bond acceptors (Lipinski definition) is 3. The van der Waals surface area contributed by atoms with Crippen LogP contribution in [-0.4, -0.2) is 19.7 Å². The van der Waals surface area contributed by atoms with Gasteiger partial charge in [-0.1, -0.05) is 37.8 Å². The third kappa shape index (κ3) is 4.57. The minimum Gasteiger partial charge on any atom is -0.494 e. The van der Waals surface area contributed by atoms with Gasteiger partial charge < -0.3 is 9.47 Å². The van der Waals surface area contributed by atoms with Crippen LogP contribution in [0.3, 0.4) is 0 Å². The van der Waals surface area contributed by atoms with E-state index in [0.29, 0.717) is 22.9 Å². The maximum atomic E-state index is 11.3. The molecule has 0 heterocycles. The lowest BCUT2D eigenvalue weighted by atomic mass is 10.2. The highest BCUT2D eigenvalue weighted by molar-refractivity contribution is 6.33. The van der Waals surface area contributed by atoms with Crippen molar-refractivity contribution in [3.63, 3.8) is 0 Å². The van der Waals surface area contributed by atoms with Crippen LogP contribution in [0.2, 0.25) is 5.02 Å². The van der Waals surface area contributed by atoms with Gasteiger partial charge in [-0.05, 0) is 24.6 Å². The fourth-order valence-electron chi connectivity index (χ4n) is 1.58. The Bertz CT molecular complexity index is 391. The van der Waals surface area contributed by atoms with Crippen LogP contribution in [0.4, 0.5) is 0 Å². The van der Waals surface area contributed by atoms with Gasteiger partial charge in [0.15, 0.2) is 0 Å². The van der Waals surface area contributed by atoms with Crippen LogP contribution >= 0.6 is 11.6 Å². The van der Waals surface area contributed by atoms with E-state index >= 15 is 0 Å². The summed E-state index contributed by atoms with van der Waals surface area (Å²) in [6.45, 7) is 2.85. The molecular formula is C14H19ClO3. The number of carbonyl (C=O) groups is 1. The molecule has 1 rings (SSSR count). The Morgan fingerprint density at radius 2 is 2.06 bits per heavy atom. The van der Waals surface area contributed by atoms with Crippen molar-refractivity contribution in [1.29, 1.82) is 0 Å². The van der Waals surface area contributed by atoms with E-state index in [9.17, 15) is 4.79 Å². The molecule has 1 aromatic carbocycles. The molecule has 1 aromatic rings. The Balaban J connectivity index is 2.49. The summed E-state index contributed by atoms with van der Waals surface area (Å²) in [6.07, 6.45) is 4.64. The fraction of sp³-hybridized carbons (Fsp3) is 0.500. The molecule has 0 unspecified atom stereocenters. The number of rotatable bonds is 7. The van der Waals surface area contributed by atoms with Gasteiger partial charge in [-0.15, -0.1) is 0 Å². The lowest BCUT2D eigenvalue weighted by Crippen LogP contribution is -2.03. The van der Waals surface area contributed by atoms with Crippen LogP contribution in [0, 0.1) is 0 Å². The number of esters is 1. The second kappa shape index (κ2) is 7.98. The van der Waals surface area contributed by atoms with E-state index in [0.717, 1.165) is 6.42 Å². The van der Waals surface area contributed by atoms with Gasteiger partial charge in [-0.2, -0.15) is 0 Å². The van der Waals surface area contributed by atoms with Crippen molar-refractivity contribution in [3.05, 3.63) is 28.8 Å². The van der Waals surface area contributed by atoms with Crippen molar-refractivity contribution < 1.29 is 14.3 Å². The summed E-state index contributed by atoms with van der Waals surface area (Å²) < 4.78 is 10.2. The topological polar surface area (TPSA) is 35.5 Å². The minimum atomic E-state index is -0.436. The van der Waals surface area contributed by atoms with Crippen LogP contribution in [0.5, 0.6) is 5.75 Å². The molecule has 0 spiro atoms. The molecular weight excluding hydrogens is 252 g/mol. The molecule has 0 atom stereocenters. The van der Waals surface area contributed by atoms with E-state index in [4.69, 9.17) is 16.3 Å². The zero-order chi connectivity index (χ0) is 13.4. The van der Waals surface area contributed by atoms with E-state index in [2.05, 4.69) is 11.7 Å². The smallest absolute Gasteiger partial charge is 0.339 e. The molecule has 0 fully saturated rings. The molecule has 0 aliphatic heterocycles. The molecule has 0 aromatic heterocycles. The summed E-state index contributed by atoms with van der Waals surface area (Å²) in [5, 5.41) is 0.355. The highest BCUT2D eigenvalue weighted by atomic mass is 35.5. The van der Waals surface area contributed by atoms with Crippen LogP contribution in [-0.2, 0) is 4.74 Å². The monoisotopic (exact) mass is 270 g/mol. The number of ether oxygens (including phenoxy) is 2. The van der Waals surface area contributed by atoms with E-state index in [1.807, 2.05) is 0 Å². The number of unbranched alkanes of at least 4 members (excludes halogenated alkanes) is 3. The van der Waals surface area contributed by atoms with Gasteiger partial charge in [0.1, 0.15) is 5.75 Å². The zero-order valence-corrected chi connectivity index (χ0v) is 11.6. The molecule has 0 aliphatic rings. The Morgan fingerprint density at radius 3 is 2.67 bits per heavy atom. The Morgan fingerprint density at radius 1 is 1.28 bits per heavy atom. The molecule has 18 heavy (non-hydrogen) atoms. The molecule has 0 amide bonds. The van der Waals surface area contributed by atoms with E-state index < -0.39 is 5.97 Å². The van der Waals surface area contributed by atoms with Gasteiger partial charge in [-0.3, -0.25) is 0 Å². The van der Waals surface area contributed by atoms with Crippen LogP contribution in [0.15, 0.2) is 18.2 Å². The lowest BCUT2D eigenvalue weighted by molar-refractivity contribution is 0.0601. The van der Waals surface area contributed by atoms with Crippen molar-refractivity contribution in [2.45, 2.75) is 32.6 Å². The molecule has 0 aliphatic carbocycles. The number of benzene rings is 1. The predicted molar refractivity (Wildman–Crippen MR) is 72.4 cm³/mol. The summed E-state index contributed by atoms with van der Waals surface area (Å²) >= 11 is 5.98. The Labute approximate surface area is 113 Å².